The number of hydrogen-bond donors (Lipinski definition) is 1. The molecule has 0 aromatic heterocycles. The monoisotopic (exact) mass is 287 g/mol. The van der Waals surface area contributed by atoms with Gasteiger partial charge in [0.15, 0.2) is 0 Å². The van der Waals surface area contributed by atoms with E-state index in [0.717, 1.165) is 0 Å². The summed E-state index contributed by atoms with van der Waals surface area (Å²) in [5.41, 5.74) is 0.421. The predicted octanol–water partition coefficient (Wildman–Crippen LogP) is 3.25. The topological polar surface area (TPSA) is 55.4 Å². The molecule has 0 aliphatic heterocycles. The molecule has 2 rings (SSSR count). The van der Waals surface area contributed by atoms with Crippen LogP contribution >= 0.6 is 0 Å². The van der Waals surface area contributed by atoms with Gasteiger partial charge in [-0.05, 0) is 31.2 Å². The number of rotatable bonds is 4. The molecule has 4 nitrogen and oxygen atoms in total. The number of amides is 1. The van der Waals surface area contributed by atoms with Crippen LogP contribution in [0.15, 0.2) is 48.5 Å². The van der Waals surface area contributed by atoms with Crippen molar-refractivity contribution in [2.24, 2.45) is 0 Å². The van der Waals surface area contributed by atoms with Crippen LogP contribution in [0, 0.1) is 5.82 Å². The highest BCUT2D eigenvalue weighted by Crippen LogP contribution is 2.18. The van der Waals surface area contributed by atoms with Gasteiger partial charge in [0, 0.05) is 0 Å². The largest absolute Gasteiger partial charge is 0.462 e. The summed E-state index contributed by atoms with van der Waals surface area (Å²) in [6.45, 7) is 1.92. The molecule has 5 heteroatoms. The first kappa shape index (κ1) is 14.7. The maximum atomic E-state index is 13.6. The van der Waals surface area contributed by atoms with Crippen LogP contribution in [-0.2, 0) is 4.74 Å². The molecule has 0 bridgehead atoms. The normalized spacial score (nSPS) is 10.0. The van der Waals surface area contributed by atoms with Crippen molar-refractivity contribution < 1.29 is 18.7 Å². The Bertz CT molecular complexity index is 670. The molecule has 0 radical (unpaired) electrons. The van der Waals surface area contributed by atoms with E-state index in [1.807, 2.05) is 0 Å². The van der Waals surface area contributed by atoms with Crippen molar-refractivity contribution in [3.63, 3.8) is 0 Å². The molecule has 21 heavy (non-hydrogen) atoms. The SMILES string of the molecule is CCOC(=O)c1ccccc1NC(=O)c1ccccc1F. The summed E-state index contributed by atoms with van der Waals surface area (Å²) in [5.74, 6) is -1.78. The van der Waals surface area contributed by atoms with Gasteiger partial charge in [-0.2, -0.15) is 0 Å². The van der Waals surface area contributed by atoms with Crippen molar-refractivity contribution in [1.29, 1.82) is 0 Å². The van der Waals surface area contributed by atoms with Crippen molar-refractivity contribution in [1.82, 2.24) is 0 Å². The molecule has 1 N–H and O–H groups in total. The minimum atomic E-state index is -0.622. The minimum absolute atomic E-state index is 0.0869. The van der Waals surface area contributed by atoms with Gasteiger partial charge in [-0.1, -0.05) is 24.3 Å². The first-order valence-corrected chi connectivity index (χ1v) is 6.45. The van der Waals surface area contributed by atoms with Crippen LogP contribution in [0.4, 0.5) is 10.1 Å². The molecule has 0 heterocycles. The molecule has 0 spiro atoms. The van der Waals surface area contributed by atoms with Crippen LogP contribution in [0.5, 0.6) is 0 Å². The Kier molecular flexibility index (Phi) is 4.66. The maximum Gasteiger partial charge on any atom is 0.340 e. The van der Waals surface area contributed by atoms with Crippen LogP contribution in [-0.4, -0.2) is 18.5 Å². The summed E-state index contributed by atoms with van der Waals surface area (Å²) >= 11 is 0. The fourth-order valence-corrected chi connectivity index (χ4v) is 1.81. The highest BCUT2D eigenvalue weighted by molar-refractivity contribution is 6.08. The third-order valence-corrected chi connectivity index (χ3v) is 2.79. The zero-order chi connectivity index (χ0) is 15.2. The lowest BCUT2D eigenvalue weighted by Gasteiger charge is -2.10. The molecule has 0 unspecified atom stereocenters. The number of anilines is 1. The van der Waals surface area contributed by atoms with E-state index in [1.165, 1.54) is 24.3 Å². The lowest BCUT2D eigenvalue weighted by atomic mass is 10.1. The van der Waals surface area contributed by atoms with Crippen molar-refractivity contribution in [2.75, 3.05) is 11.9 Å². The van der Waals surface area contributed by atoms with Gasteiger partial charge in [-0.3, -0.25) is 4.79 Å². The molecule has 0 atom stereocenters. The number of para-hydroxylation sites is 1. The van der Waals surface area contributed by atoms with Gasteiger partial charge in [-0.25, -0.2) is 9.18 Å². The van der Waals surface area contributed by atoms with Gasteiger partial charge in [0.1, 0.15) is 5.82 Å². The van der Waals surface area contributed by atoms with Gasteiger partial charge >= 0.3 is 5.97 Å². The molecule has 2 aromatic carbocycles. The van der Waals surface area contributed by atoms with Gasteiger partial charge in [0.2, 0.25) is 0 Å². The van der Waals surface area contributed by atoms with E-state index in [1.54, 1.807) is 31.2 Å². The molecule has 108 valence electrons. The number of halogens is 1. The van der Waals surface area contributed by atoms with Gasteiger partial charge in [0.05, 0.1) is 23.4 Å². The quantitative estimate of drug-likeness (QED) is 0.878. The van der Waals surface area contributed by atoms with Crippen LogP contribution in [0.25, 0.3) is 0 Å². The second kappa shape index (κ2) is 6.65. The molecule has 0 aliphatic rings. The Balaban J connectivity index is 2.26. The molecular weight excluding hydrogens is 273 g/mol. The van der Waals surface area contributed by atoms with E-state index < -0.39 is 17.7 Å². The van der Waals surface area contributed by atoms with E-state index >= 15 is 0 Å². The van der Waals surface area contributed by atoms with Crippen molar-refractivity contribution in [3.8, 4) is 0 Å². The Labute approximate surface area is 121 Å². The predicted molar refractivity (Wildman–Crippen MR) is 76.8 cm³/mol. The van der Waals surface area contributed by atoms with Gasteiger partial charge in [0.25, 0.3) is 5.91 Å². The summed E-state index contributed by atoms with van der Waals surface area (Å²) in [6.07, 6.45) is 0. The van der Waals surface area contributed by atoms with E-state index in [4.69, 9.17) is 4.74 Å². The fraction of sp³-hybridized carbons (Fsp3) is 0.125. The zero-order valence-corrected chi connectivity index (χ0v) is 11.4. The number of nitrogens with one attached hydrogen (secondary N) is 1. The van der Waals surface area contributed by atoms with Crippen molar-refractivity contribution in [2.45, 2.75) is 6.92 Å². The van der Waals surface area contributed by atoms with E-state index in [9.17, 15) is 14.0 Å². The Morgan fingerprint density at radius 2 is 1.67 bits per heavy atom. The molecule has 1 amide bonds. The van der Waals surface area contributed by atoms with E-state index in [2.05, 4.69) is 5.32 Å². The molecule has 0 fully saturated rings. The first-order valence-electron chi connectivity index (χ1n) is 6.45. The highest BCUT2D eigenvalue weighted by atomic mass is 19.1. The number of esters is 1. The van der Waals surface area contributed by atoms with Crippen LogP contribution in [0.3, 0.4) is 0 Å². The summed E-state index contributed by atoms with van der Waals surface area (Å²) in [4.78, 5) is 23.9. The van der Waals surface area contributed by atoms with Crippen molar-refractivity contribution >= 4 is 17.6 Å². The van der Waals surface area contributed by atoms with Crippen LogP contribution in [0.1, 0.15) is 27.6 Å². The molecule has 0 aliphatic carbocycles. The smallest absolute Gasteiger partial charge is 0.340 e. The van der Waals surface area contributed by atoms with Gasteiger partial charge in [-0.15, -0.1) is 0 Å². The average molecular weight is 287 g/mol. The Morgan fingerprint density at radius 3 is 2.33 bits per heavy atom. The zero-order valence-electron chi connectivity index (χ0n) is 11.4. The van der Waals surface area contributed by atoms with Crippen molar-refractivity contribution in [3.05, 3.63) is 65.5 Å². The average Bonchev–Trinajstić information content (AvgIpc) is 2.48. The number of carbonyl (C=O) groups is 2. The molecule has 0 saturated heterocycles. The third kappa shape index (κ3) is 3.45. The van der Waals surface area contributed by atoms with Gasteiger partial charge < -0.3 is 10.1 Å². The lowest BCUT2D eigenvalue weighted by Crippen LogP contribution is -2.17. The molecule has 2 aromatic rings. The Morgan fingerprint density at radius 1 is 1.05 bits per heavy atom. The highest BCUT2D eigenvalue weighted by Gasteiger charge is 2.16. The van der Waals surface area contributed by atoms with E-state index in [-0.39, 0.29) is 23.4 Å². The Hall–Kier alpha value is -2.69. The summed E-state index contributed by atoms with van der Waals surface area (Å²) in [6, 6.07) is 12.1. The third-order valence-electron chi connectivity index (χ3n) is 2.79. The number of hydrogen-bond acceptors (Lipinski definition) is 3. The molecular formula is C16H14FNO3. The fourth-order valence-electron chi connectivity index (χ4n) is 1.81. The number of carbonyl (C=O) groups excluding carboxylic acids is 2. The lowest BCUT2D eigenvalue weighted by molar-refractivity contribution is 0.0527. The first-order chi connectivity index (χ1) is 10.1. The summed E-state index contributed by atoms with van der Waals surface area (Å²) in [7, 11) is 0. The van der Waals surface area contributed by atoms with E-state index in [0.29, 0.717) is 0 Å². The van der Waals surface area contributed by atoms with Crippen LogP contribution < -0.4 is 5.32 Å². The number of benzene rings is 2. The second-order valence-corrected chi connectivity index (χ2v) is 4.20. The standard InChI is InChI=1S/C16H14FNO3/c1-2-21-16(20)12-8-4-6-10-14(12)18-15(19)11-7-3-5-9-13(11)17/h3-10H,2H2,1H3,(H,18,19). The second-order valence-electron chi connectivity index (χ2n) is 4.20. The number of ether oxygens (including phenoxy) is 1. The minimum Gasteiger partial charge on any atom is -0.462 e. The van der Waals surface area contributed by atoms with Crippen LogP contribution in [0.2, 0.25) is 0 Å². The summed E-state index contributed by atoms with van der Waals surface area (Å²) in [5, 5.41) is 2.53. The summed E-state index contributed by atoms with van der Waals surface area (Å²) < 4.78 is 18.5. The maximum absolute atomic E-state index is 13.6. The molecule has 0 saturated carbocycles.